The SMILES string of the molecule is C=CC(=O)OCCCCOc1ccc(C(=O)Oc2ccc(OC(=O)c3ccc(OCCCC)cc3)cc2)cc1. The van der Waals surface area contributed by atoms with Crippen LogP contribution in [0, 0.1) is 0 Å². The van der Waals surface area contributed by atoms with Gasteiger partial charge in [-0.05, 0) is 92.1 Å². The van der Waals surface area contributed by atoms with Gasteiger partial charge in [-0.1, -0.05) is 19.9 Å². The van der Waals surface area contributed by atoms with Crippen molar-refractivity contribution < 1.29 is 38.1 Å². The Hall–Kier alpha value is -4.59. The smallest absolute Gasteiger partial charge is 0.343 e. The zero-order chi connectivity index (χ0) is 27.9. The molecule has 0 saturated heterocycles. The first-order valence-corrected chi connectivity index (χ1v) is 12.8. The van der Waals surface area contributed by atoms with Crippen LogP contribution in [-0.2, 0) is 9.53 Å². The molecule has 8 heteroatoms. The van der Waals surface area contributed by atoms with Crippen LogP contribution in [0.4, 0.5) is 0 Å². The van der Waals surface area contributed by atoms with E-state index >= 15 is 0 Å². The van der Waals surface area contributed by atoms with Crippen molar-refractivity contribution >= 4 is 17.9 Å². The summed E-state index contributed by atoms with van der Waals surface area (Å²) in [5.41, 5.74) is 0.756. The van der Waals surface area contributed by atoms with Crippen molar-refractivity contribution in [1.29, 1.82) is 0 Å². The molecule has 0 aliphatic carbocycles. The van der Waals surface area contributed by atoms with Crippen molar-refractivity contribution in [2.45, 2.75) is 32.6 Å². The van der Waals surface area contributed by atoms with Gasteiger partial charge in [-0.15, -0.1) is 0 Å². The first-order valence-electron chi connectivity index (χ1n) is 12.8. The summed E-state index contributed by atoms with van der Waals surface area (Å²) in [7, 11) is 0. The molecule has 204 valence electrons. The maximum atomic E-state index is 12.5. The van der Waals surface area contributed by atoms with Gasteiger partial charge in [0.05, 0.1) is 30.9 Å². The molecule has 0 N–H and O–H groups in total. The largest absolute Gasteiger partial charge is 0.494 e. The number of ether oxygens (including phenoxy) is 5. The normalized spacial score (nSPS) is 10.3. The monoisotopic (exact) mass is 532 g/mol. The minimum atomic E-state index is -0.531. The fraction of sp³-hybridized carbons (Fsp3) is 0.258. The molecule has 39 heavy (non-hydrogen) atoms. The molecule has 3 rings (SSSR count). The van der Waals surface area contributed by atoms with Crippen LogP contribution in [0.1, 0.15) is 53.3 Å². The standard InChI is InChI=1S/C31H32O8/c1-3-5-20-35-25-12-8-23(9-13-25)30(33)38-27-16-18-28(19-17-27)39-31(34)24-10-14-26(15-11-24)36-21-6-7-22-37-29(32)4-2/h4,8-19H,2-3,5-7,20-22H2,1H3. The molecular formula is C31H32O8. The molecule has 0 heterocycles. The van der Waals surface area contributed by atoms with Gasteiger partial charge in [0.25, 0.3) is 0 Å². The lowest BCUT2D eigenvalue weighted by molar-refractivity contribution is -0.137. The van der Waals surface area contributed by atoms with E-state index in [0.29, 0.717) is 66.8 Å². The molecule has 0 unspecified atom stereocenters. The molecule has 8 nitrogen and oxygen atoms in total. The summed E-state index contributed by atoms with van der Waals surface area (Å²) in [6, 6.07) is 19.6. The van der Waals surface area contributed by atoms with Crippen molar-refractivity contribution in [3.63, 3.8) is 0 Å². The van der Waals surface area contributed by atoms with Crippen molar-refractivity contribution in [3.05, 3.63) is 96.6 Å². The van der Waals surface area contributed by atoms with Gasteiger partial charge < -0.3 is 23.7 Å². The number of rotatable bonds is 15. The van der Waals surface area contributed by atoms with Gasteiger partial charge in [-0.2, -0.15) is 0 Å². The van der Waals surface area contributed by atoms with E-state index in [-0.39, 0.29) is 0 Å². The van der Waals surface area contributed by atoms with Gasteiger partial charge in [0.15, 0.2) is 0 Å². The van der Waals surface area contributed by atoms with Gasteiger partial charge in [-0.3, -0.25) is 0 Å². The van der Waals surface area contributed by atoms with Crippen LogP contribution in [0.25, 0.3) is 0 Å². The number of carbonyl (C=O) groups is 3. The summed E-state index contributed by atoms with van der Waals surface area (Å²) in [6.07, 6.45) is 4.52. The third kappa shape index (κ3) is 10.0. The fourth-order valence-electron chi connectivity index (χ4n) is 3.24. The number of benzene rings is 3. The van der Waals surface area contributed by atoms with Crippen LogP contribution in [0.15, 0.2) is 85.5 Å². The first-order chi connectivity index (χ1) is 19.0. The van der Waals surface area contributed by atoms with Crippen molar-refractivity contribution in [2.24, 2.45) is 0 Å². The van der Waals surface area contributed by atoms with Gasteiger partial charge in [-0.25, -0.2) is 14.4 Å². The lowest BCUT2D eigenvalue weighted by Crippen LogP contribution is -2.10. The summed E-state index contributed by atoms with van der Waals surface area (Å²) in [5, 5.41) is 0. The Kier molecular flexibility index (Phi) is 11.6. The zero-order valence-corrected chi connectivity index (χ0v) is 21.9. The molecule has 0 aliphatic rings. The molecule has 0 atom stereocenters. The van der Waals surface area contributed by atoms with Crippen molar-refractivity contribution in [3.8, 4) is 23.0 Å². The number of carbonyl (C=O) groups excluding carboxylic acids is 3. The van der Waals surface area contributed by atoms with E-state index in [4.69, 9.17) is 23.7 Å². The minimum absolute atomic E-state index is 0.311. The molecule has 0 spiro atoms. The molecule has 3 aromatic carbocycles. The summed E-state index contributed by atoms with van der Waals surface area (Å²) in [6.45, 7) is 6.83. The van der Waals surface area contributed by atoms with E-state index in [1.54, 1.807) is 72.8 Å². The highest BCUT2D eigenvalue weighted by Gasteiger charge is 2.12. The van der Waals surface area contributed by atoms with Crippen LogP contribution in [0.3, 0.4) is 0 Å². The first kappa shape index (κ1) is 29.0. The summed E-state index contributed by atoms with van der Waals surface area (Å²) >= 11 is 0. The number of hydrogen-bond donors (Lipinski definition) is 0. The van der Waals surface area contributed by atoms with Crippen LogP contribution < -0.4 is 18.9 Å². The van der Waals surface area contributed by atoms with Gasteiger partial charge in [0.1, 0.15) is 23.0 Å². The Morgan fingerprint density at radius 1 is 0.615 bits per heavy atom. The quantitative estimate of drug-likeness (QED) is 0.0989. The predicted octanol–water partition coefficient (Wildman–Crippen LogP) is 6.19. The predicted molar refractivity (Wildman–Crippen MR) is 146 cm³/mol. The van der Waals surface area contributed by atoms with Crippen LogP contribution in [-0.4, -0.2) is 37.7 Å². The van der Waals surface area contributed by atoms with Crippen molar-refractivity contribution in [1.82, 2.24) is 0 Å². The highest BCUT2D eigenvalue weighted by Crippen LogP contribution is 2.21. The van der Waals surface area contributed by atoms with E-state index in [0.717, 1.165) is 18.9 Å². The molecule has 0 fully saturated rings. The van der Waals surface area contributed by atoms with Crippen LogP contribution in [0.5, 0.6) is 23.0 Å². The second-order valence-electron chi connectivity index (χ2n) is 8.43. The Morgan fingerprint density at radius 2 is 1.03 bits per heavy atom. The highest BCUT2D eigenvalue weighted by molar-refractivity contribution is 5.92. The van der Waals surface area contributed by atoms with Gasteiger partial charge >= 0.3 is 17.9 Å². The van der Waals surface area contributed by atoms with E-state index < -0.39 is 17.9 Å². The fourth-order valence-corrected chi connectivity index (χ4v) is 3.24. The molecule has 0 radical (unpaired) electrons. The second-order valence-corrected chi connectivity index (χ2v) is 8.43. The summed E-state index contributed by atoms with van der Waals surface area (Å²) < 4.78 is 27.0. The lowest BCUT2D eigenvalue weighted by atomic mass is 10.2. The molecule has 0 amide bonds. The zero-order valence-electron chi connectivity index (χ0n) is 21.9. The molecule has 0 saturated carbocycles. The van der Waals surface area contributed by atoms with Crippen molar-refractivity contribution in [2.75, 3.05) is 19.8 Å². The van der Waals surface area contributed by atoms with E-state index in [2.05, 4.69) is 13.5 Å². The maximum Gasteiger partial charge on any atom is 0.343 e. The molecule has 0 bridgehead atoms. The third-order valence-electron chi connectivity index (χ3n) is 5.41. The molecule has 0 aromatic heterocycles. The third-order valence-corrected chi connectivity index (χ3v) is 5.41. The average molecular weight is 533 g/mol. The summed E-state index contributed by atoms with van der Waals surface area (Å²) in [4.78, 5) is 35.9. The Bertz CT molecular complexity index is 1210. The van der Waals surface area contributed by atoms with E-state index in [9.17, 15) is 14.4 Å². The van der Waals surface area contributed by atoms with Gasteiger partial charge in [0.2, 0.25) is 0 Å². The number of unbranched alkanes of at least 4 members (excludes halogenated alkanes) is 2. The molecule has 3 aromatic rings. The topological polar surface area (TPSA) is 97.4 Å². The number of hydrogen-bond acceptors (Lipinski definition) is 8. The van der Waals surface area contributed by atoms with Gasteiger partial charge in [0, 0.05) is 6.08 Å². The van der Waals surface area contributed by atoms with Crippen LogP contribution in [0.2, 0.25) is 0 Å². The van der Waals surface area contributed by atoms with E-state index in [1.807, 2.05) is 0 Å². The Morgan fingerprint density at radius 3 is 1.46 bits per heavy atom. The Labute approximate surface area is 228 Å². The average Bonchev–Trinajstić information content (AvgIpc) is 2.96. The number of esters is 3. The van der Waals surface area contributed by atoms with E-state index in [1.165, 1.54) is 0 Å². The van der Waals surface area contributed by atoms with Crippen LogP contribution >= 0.6 is 0 Å². The molecular weight excluding hydrogens is 500 g/mol. The minimum Gasteiger partial charge on any atom is -0.494 e. The molecule has 0 aliphatic heterocycles. The summed E-state index contributed by atoms with van der Waals surface area (Å²) in [5.74, 6) is 0.473. The maximum absolute atomic E-state index is 12.5. The lowest BCUT2D eigenvalue weighted by Gasteiger charge is -2.09. The highest BCUT2D eigenvalue weighted by atomic mass is 16.5. The Balaban J connectivity index is 1.42. The second kappa shape index (κ2) is 15.6.